The van der Waals surface area contributed by atoms with E-state index in [4.69, 9.17) is 0 Å². The maximum Gasteiger partial charge on any atom is 0.240 e. The summed E-state index contributed by atoms with van der Waals surface area (Å²) < 4.78 is 56.4. The smallest absolute Gasteiger partial charge is 0.240 e. The van der Waals surface area contributed by atoms with Gasteiger partial charge in [-0.25, -0.2) is 35.9 Å². The van der Waals surface area contributed by atoms with Crippen molar-refractivity contribution in [1.29, 1.82) is 0 Å². The molecule has 0 amide bonds. The molecule has 1 aromatic heterocycles. The Morgan fingerprint density at radius 2 is 1.60 bits per heavy atom. The molecule has 3 aromatic rings. The van der Waals surface area contributed by atoms with Gasteiger partial charge in [0, 0.05) is 12.6 Å². The average Bonchev–Trinajstić information content (AvgIpc) is 3.38. The van der Waals surface area contributed by atoms with Crippen LogP contribution in [0.4, 0.5) is 0 Å². The number of benzene rings is 2. The van der Waals surface area contributed by atoms with E-state index in [1.807, 2.05) is 24.3 Å². The third-order valence-corrected chi connectivity index (χ3v) is 7.57. The van der Waals surface area contributed by atoms with Crippen LogP contribution in [0.1, 0.15) is 24.0 Å². The Kier molecular flexibility index (Phi) is 5.69. The molecule has 1 heterocycles. The molecule has 1 aliphatic rings. The highest BCUT2D eigenvalue weighted by Crippen LogP contribution is 2.23. The quantitative estimate of drug-likeness (QED) is 0.509. The minimum absolute atomic E-state index is 0.00615. The zero-order chi connectivity index (χ0) is 21.2. The van der Waals surface area contributed by atoms with E-state index in [1.54, 1.807) is 11.0 Å². The Morgan fingerprint density at radius 3 is 2.23 bits per heavy atom. The summed E-state index contributed by atoms with van der Waals surface area (Å²) in [6.07, 6.45) is 4.72. The molecule has 4 rings (SSSR count). The third-order valence-electron chi connectivity index (χ3n) is 4.61. The molecule has 0 radical (unpaired) electrons. The summed E-state index contributed by atoms with van der Waals surface area (Å²) in [4.78, 5) is 3.96. The Morgan fingerprint density at radius 1 is 0.933 bits per heavy atom. The van der Waals surface area contributed by atoms with E-state index in [2.05, 4.69) is 19.5 Å². The van der Waals surface area contributed by atoms with Crippen LogP contribution in [0.15, 0.2) is 71.0 Å². The highest BCUT2D eigenvalue weighted by atomic mass is 32.2. The van der Waals surface area contributed by atoms with E-state index in [0.717, 1.165) is 24.0 Å². The van der Waals surface area contributed by atoms with Crippen LogP contribution in [0.5, 0.6) is 0 Å². The molecular weight excluding hydrogens is 426 g/mol. The molecule has 1 aliphatic carbocycles. The number of nitrogens with one attached hydrogen (secondary N) is 2. The Bertz CT molecular complexity index is 1220. The zero-order valence-electron chi connectivity index (χ0n) is 16.0. The van der Waals surface area contributed by atoms with Gasteiger partial charge in [-0.15, -0.1) is 0 Å². The number of hydrogen-bond donors (Lipinski definition) is 2. The molecule has 158 valence electrons. The lowest BCUT2D eigenvalue weighted by atomic mass is 10.1. The van der Waals surface area contributed by atoms with Gasteiger partial charge in [0.25, 0.3) is 0 Å². The van der Waals surface area contributed by atoms with Crippen LogP contribution in [-0.2, 0) is 33.1 Å². The molecule has 30 heavy (non-hydrogen) atoms. The first kappa shape index (κ1) is 20.7. The second-order valence-electron chi connectivity index (χ2n) is 7.10. The van der Waals surface area contributed by atoms with E-state index in [-0.39, 0.29) is 22.4 Å². The van der Waals surface area contributed by atoms with Gasteiger partial charge in [-0.2, -0.15) is 5.10 Å². The second-order valence-corrected chi connectivity index (χ2v) is 10.6. The first-order valence-corrected chi connectivity index (χ1v) is 12.3. The van der Waals surface area contributed by atoms with Crippen molar-refractivity contribution in [2.24, 2.45) is 0 Å². The van der Waals surface area contributed by atoms with Gasteiger partial charge in [-0.1, -0.05) is 24.3 Å². The van der Waals surface area contributed by atoms with Crippen molar-refractivity contribution in [3.05, 3.63) is 72.3 Å². The topological polar surface area (TPSA) is 123 Å². The normalized spacial score (nSPS) is 14.7. The Labute approximate surface area is 175 Å². The zero-order valence-corrected chi connectivity index (χ0v) is 17.6. The maximum atomic E-state index is 12.6. The van der Waals surface area contributed by atoms with Gasteiger partial charge >= 0.3 is 0 Å². The van der Waals surface area contributed by atoms with Crippen LogP contribution in [0.2, 0.25) is 0 Å². The van der Waals surface area contributed by atoms with Gasteiger partial charge in [0.05, 0.1) is 16.3 Å². The first-order chi connectivity index (χ1) is 14.3. The van der Waals surface area contributed by atoms with Crippen molar-refractivity contribution in [2.45, 2.75) is 41.8 Å². The minimum Gasteiger partial charge on any atom is -0.249 e. The van der Waals surface area contributed by atoms with Gasteiger partial charge in [0.2, 0.25) is 20.0 Å². The predicted molar refractivity (Wildman–Crippen MR) is 109 cm³/mol. The molecule has 0 aliphatic heterocycles. The number of sulfonamides is 2. The van der Waals surface area contributed by atoms with Gasteiger partial charge in [0.15, 0.2) is 0 Å². The van der Waals surface area contributed by atoms with E-state index in [1.165, 1.54) is 30.6 Å². The molecule has 9 nitrogen and oxygen atoms in total. The minimum atomic E-state index is -3.79. The summed E-state index contributed by atoms with van der Waals surface area (Å²) in [5.74, 6) is 0. The van der Waals surface area contributed by atoms with Crippen LogP contribution < -0.4 is 9.44 Å². The van der Waals surface area contributed by atoms with Gasteiger partial charge in [-0.05, 0) is 48.2 Å². The van der Waals surface area contributed by atoms with Crippen molar-refractivity contribution in [3.8, 4) is 0 Å². The molecule has 0 atom stereocenters. The van der Waals surface area contributed by atoms with Crippen molar-refractivity contribution in [3.63, 3.8) is 0 Å². The number of hydrogen-bond acceptors (Lipinski definition) is 6. The largest absolute Gasteiger partial charge is 0.249 e. The highest BCUT2D eigenvalue weighted by Gasteiger charge is 2.28. The second kappa shape index (κ2) is 8.26. The Hall–Kier alpha value is -2.60. The first-order valence-electron chi connectivity index (χ1n) is 9.34. The number of aromatic nitrogens is 3. The van der Waals surface area contributed by atoms with E-state index >= 15 is 0 Å². The molecule has 1 saturated carbocycles. The standard InChI is InChI=1S/C19H21N5O4S2/c25-29(26,18-6-8-19(9-7-18)30(27,28)23-17-4-5-17)22-11-15-2-1-3-16(10-15)12-24-14-20-13-21-24/h1-3,6-10,13-14,17,22-23H,4-5,11-12H2. The summed E-state index contributed by atoms with van der Waals surface area (Å²) >= 11 is 0. The van der Waals surface area contributed by atoms with Crippen molar-refractivity contribution in [2.75, 3.05) is 0 Å². The highest BCUT2D eigenvalue weighted by molar-refractivity contribution is 7.90. The molecule has 11 heteroatoms. The van der Waals surface area contributed by atoms with Crippen LogP contribution in [-0.4, -0.2) is 37.6 Å². The van der Waals surface area contributed by atoms with Crippen LogP contribution in [0.3, 0.4) is 0 Å². The van der Waals surface area contributed by atoms with E-state index in [0.29, 0.717) is 6.54 Å². The molecule has 1 fully saturated rings. The van der Waals surface area contributed by atoms with Crippen molar-refractivity contribution in [1.82, 2.24) is 24.2 Å². The molecule has 0 spiro atoms. The van der Waals surface area contributed by atoms with Crippen molar-refractivity contribution < 1.29 is 16.8 Å². The molecule has 2 aromatic carbocycles. The maximum absolute atomic E-state index is 12.6. The predicted octanol–water partition coefficient (Wildman–Crippen LogP) is 1.25. The van der Waals surface area contributed by atoms with Crippen LogP contribution in [0.25, 0.3) is 0 Å². The number of nitrogens with zero attached hydrogens (tertiary/aromatic N) is 3. The van der Waals surface area contributed by atoms with Gasteiger partial charge < -0.3 is 0 Å². The van der Waals surface area contributed by atoms with E-state index in [9.17, 15) is 16.8 Å². The average molecular weight is 448 g/mol. The van der Waals surface area contributed by atoms with Gasteiger partial charge in [0.1, 0.15) is 12.7 Å². The molecular formula is C19H21N5O4S2. The molecule has 2 N–H and O–H groups in total. The van der Waals surface area contributed by atoms with Gasteiger partial charge in [-0.3, -0.25) is 0 Å². The summed E-state index contributed by atoms with van der Waals surface area (Å²) in [7, 11) is -7.40. The van der Waals surface area contributed by atoms with Crippen LogP contribution >= 0.6 is 0 Å². The van der Waals surface area contributed by atoms with Crippen LogP contribution in [0, 0.1) is 0 Å². The van der Waals surface area contributed by atoms with E-state index < -0.39 is 20.0 Å². The fourth-order valence-electron chi connectivity index (χ4n) is 2.89. The third kappa shape index (κ3) is 5.11. The summed E-state index contributed by atoms with van der Waals surface area (Å²) in [6, 6.07) is 12.7. The SMILES string of the molecule is O=S(=O)(NCc1cccc(Cn2cncn2)c1)c1ccc(S(=O)(=O)NC2CC2)cc1. The molecule has 0 unspecified atom stereocenters. The van der Waals surface area contributed by atoms with Crippen molar-refractivity contribution >= 4 is 20.0 Å². The summed E-state index contributed by atoms with van der Waals surface area (Å²) in [5, 5.41) is 4.06. The Balaban J connectivity index is 1.42. The fourth-order valence-corrected chi connectivity index (χ4v) is 5.21. The lowest BCUT2D eigenvalue weighted by Crippen LogP contribution is -2.26. The summed E-state index contributed by atoms with van der Waals surface area (Å²) in [5.41, 5.74) is 1.76. The monoisotopic (exact) mass is 447 g/mol. The summed E-state index contributed by atoms with van der Waals surface area (Å²) in [6.45, 7) is 0.641. The lowest BCUT2D eigenvalue weighted by Gasteiger charge is -2.10. The number of rotatable bonds is 9. The molecule has 0 bridgehead atoms. The molecule has 0 saturated heterocycles. The lowest BCUT2D eigenvalue weighted by molar-refractivity contribution is 0.577. The fraction of sp³-hybridized carbons (Fsp3) is 0.263.